The molecule has 5 heterocycles. The molecule has 4 amide bonds. The monoisotopic (exact) mass is 650 g/mol. The van der Waals surface area contributed by atoms with Crippen molar-refractivity contribution in [1.82, 2.24) is 9.80 Å². The third kappa shape index (κ3) is 4.04. The standard InChI is InChI=1S/C34H26N4O4S3/c1-16-20(30(39)37(3)32(41)22(16)14-35)10-18-11-24-26(34(18)8-6-5-7-9-34)28-29(44-24)27-25(45-28)13-19(43-27)12-21-17(2)23(15-36)33(42)38(4)31(21)40/h10-13H,5-9H2,1-4H3/b20-10+,21-12+. The van der Waals surface area contributed by atoms with Gasteiger partial charge >= 0.3 is 0 Å². The van der Waals surface area contributed by atoms with Crippen molar-refractivity contribution in [3.05, 3.63) is 66.5 Å². The lowest BCUT2D eigenvalue weighted by Crippen LogP contribution is -2.40. The van der Waals surface area contributed by atoms with Gasteiger partial charge in [0.25, 0.3) is 23.6 Å². The number of rotatable bonds is 2. The van der Waals surface area contributed by atoms with Crippen LogP contribution in [-0.2, 0) is 24.6 Å². The first-order valence-electron chi connectivity index (χ1n) is 14.5. The van der Waals surface area contributed by atoms with Gasteiger partial charge in [-0.05, 0) is 73.3 Å². The Balaban J connectivity index is 1.36. The van der Waals surface area contributed by atoms with Gasteiger partial charge in [-0.2, -0.15) is 10.5 Å². The lowest BCUT2D eigenvalue weighted by molar-refractivity contribution is -0.140. The van der Waals surface area contributed by atoms with Crippen LogP contribution in [0.3, 0.4) is 0 Å². The average molecular weight is 651 g/mol. The highest BCUT2D eigenvalue weighted by Gasteiger charge is 2.45. The van der Waals surface area contributed by atoms with E-state index in [2.05, 4.69) is 12.1 Å². The van der Waals surface area contributed by atoms with Crippen molar-refractivity contribution >= 4 is 88.6 Å². The molecular weight excluding hydrogens is 625 g/mol. The lowest BCUT2D eigenvalue weighted by Gasteiger charge is -2.37. The molecule has 0 bridgehead atoms. The predicted molar refractivity (Wildman–Crippen MR) is 176 cm³/mol. The quantitative estimate of drug-likeness (QED) is 0.223. The van der Waals surface area contributed by atoms with E-state index in [4.69, 9.17) is 0 Å². The molecule has 0 aromatic carbocycles. The minimum absolute atomic E-state index is 0.00349. The van der Waals surface area contributed by atoms with Gasteiger partial charge in [0.05, 0.1) is 14.1 Å². The van der Waals surface area contributed by atoms with Crippen LogP contribution in [0, 0.1) is 22.7 Å². The van der Waals surface area contributed by atoms with Gasteiger partial charge in [-0.15, -0.1) is 34.0 Å². The molecule has 2 aliphatic carbocycles. The minimum atomic E-state index is -0.580. The fourth-order valence-electron chi connectivity index (χ4n) is 7.03. The number of likely N-dealkylation sites (N-methyl/N-ethyl adjacent to an activating group) is 2. The molecule has 4 aliphatic rings. The molecule has 11 heteroatoms. The summed E-state index contributed by atoms with van der Waals surface area (Å²) in [6, 6.07) is 6.02. The summed E-state index contributed by atoms with van der Waals surface area (Å²) in [5.74, 6) is -1.95. The molecule has 3 aromatic heterocycles. The van der Waals surface area contributed by atoms with Gasteiger partial charge in [0.2, 0.25) is 0 Å². The summed E-state index contributed by atoms with van der Waals surface area (Å²) in [5, 5.41) is 19.2. The van der Waals surface area contributed by atoms with E-state index in [1.54, 1.807) is 53.9 Å². The first-order valence-corrected chi connectivity index (χ1v) is 17.0. The topological polar surface area (TPSA) is 122 Å². The summed E-state index contributed by atoms with van der Waals surface area (Å²) in [4.78, 5) is 55.3. The average Bonchev–Trinajstić information content (AvgIpc) is 3.74. The summed E-state index contributed by atoms with van der Waals surface area (Å²) < 4.78 is 4.71. The fourth-order valence-corrected chi connectivity index (χ4v) is 11.4. The van der Waals surface area contributed by atoms with Crippen molar-refractivity contribution < 1.29 is 19.2 Å². The second-order valence-electron chi connectivity index (χ2n) is 11.9. The van der Waals surface area contributed by atoms with Gasteiger partial charge in [-0.25, -0.2) is 0 Å². The smallest absolute Gasteiger partial charge is 0.271 e. The zero-order chi connectivity index (χ0) is 31.9. The van der Waals surface area contributed by atoms with E-state index in [-0.39, 0.29) is 22.5 Å². The Labute approximate surface area is 271 Å². The summed E-state index contributed by atoms with van der Waals surface area (Å²) in [5.41, 5.74) is 3.70. The molecular formula is C34H26N4O4S3. The Morgan fingerprint density at radius 2 is 1.33 bits per heavy atom. The van der Waals surface area contributed by atoms with Crippen LogP contribution in [-0.4, -0.2) is 47.5 Å². The number of hydrogen-bond acceptors (Lipinski definition) is 9. The van der Waals surface area contributed by atoms with Crippen LogP contribution >= 0.6 is 34.0 Å². The highest BCUT2D eigenvalue weighted by molar-refractivity contribution is 7.39. The number of thiophene rings is 3. The lowest BCUT2D eigenvalue weighted by atomic mass is 9.67. The molecule has 8 nitrogen and oxygen atoms in total. The number of nitrogens with zero attached hydrogens (tertiary/aromatic N) is 4. The SMILES string of the molecule is CC1=C(C#N)C(=O)N(C)C(=O)/C1=C/C1=Cc2sc3c(sc4cc(/C=C5/C(=O)N(C)C(=O)C(C#N)=C5C)sc43)c2C12CCCCC2. The molecule has 45 heavy (non-hydrogen) atoms. The summed E-state index contributed by atoms with van der Waals surface area (Å²) in [6.45, 7) is 3.32. The normalized spacial score (nSPS) is 22.0. The highest BCUT2D eigenvalue weighted by Crippen LogP contribution is 2.59. The van der Waals surface area contributed by atoms with E-state index < -0.39 is 17.7 Å². The molecule has 7 rings (SSSR count). The molecule has 0 radical (unpaired) electrons. The number of imide groups is 2. The number of amides is 4. The molecule has 3 aromatic rings. The van der Waals surface area contributed by atoms with Crippen LogP contribution in [0.1, 0.15) is 61.3 Å². The van der Waals surface area contributed by atoms with Crippen LogP contribution < -0.4 is 0 Å². The van der Waals surface area contributed by atoms with Crippen LogP contribution in [0.2, 0.25) is 0 Å². The Morgan fingerprint density at radius 3 is 1.91 bits per heavy atom. The van der Waals surface area contributed by atoms with E-state index in [1.807, 2.05) is 18.2 Å². The number of hydrogen-bond donors (Lipinski definition) is 0. The van der Waals surface area contributed by atoms with Crippen LogP contribution in [0.25, 0.3) is 31.0 Å². The van der Waals surface area contributed by atoms with E-state index in [9.17, 15) is 29.7 Å². The number of nitriles is 2. The first-order chi connectivity index (χ1) is 21.5. The Bertz CT molecular complexity index is 2190. The van der Waals surface area contributed by atoms with Gasteiger partial charge in [-0.3, -0.25) is 29.0 Å². The van der Waals surface area contributed by atoms with Crippen molar-refractivity contribution in [1.29, 1.82) is 10.5 Å². The first kappa shape index (κ1) is 29.3. The van der Waals surface area contributed by atoms with E-state index in [0.717, 1.165) is 61.8 Å². The highest BCUT2D eigenvalue weighted by atomic mass is 32.1. The van der Waals surface area contributed by atoms with Crippen molar-refractivity contribution in [3.63, 3.8) is 0 Å². The minimum Gasteiger partial charge on any atom is -0.277 e. The maximum atomic E-state index is 13.3. The number of allylic oxidation sites excluding steroid dienone is 2. The second kappa shape index (κ2) is 10.3. The summed E-state index contributed by atoms with van der Waals surface area (Å²) in [6.07, 6.45) is 11.1. The Kier molecular flexibility index (Phi) is 6.71. The van der Waals surface area contributed by atoms with Gasteiger partial charge < -0.3 is 0 Å². The number of carbonyl (C=O) groups is 4. The largest absolute Gasteiger partial charge is 0.277 e. The predicted octanol–water partition coefficient (Wildman–Crippen LogP) is 6.76. The van der Waals surface area contributed by atoms with Gasteiger partial charge in [0.1, 0.15) is 23.3 Å². The third-order valence-corrected chi connectivity index (χ3v) is 13.3. The molecule has 0 atom stereocenters. The van der Waals surface area contributed by atoms with Crippen molar-refractivity contribution in [2.45, 2.75) is 51.4 Å². The molecule has 0 unspecified atom stereocenters. The van der Waals surface area contributed by atoms with E-state index >= 15 is 0 Å². The van der Waals surface area contributed by atoms with Crippen LogP contribution in [0.15, 0.2) is 51.2 Å². The van der Waals surface area contributed by atoms with E-state index in [1.165, 1.54) is 33.9 Å². The van der Waals surface area contributed by atoms with Crippen molar-refractivity contribution in [2.75, 3.05) is 14.1 Å². The van der Waals surface area contributed by atoms with Crippen LogP contribution in [0.5, 0.6) is 0 Å². The summed E-state index contributed by atoms with van der Waals surface area (Å²) in [7, 11) is 2.82. The molecule has 1 spiro atoms. The molecule has 1 fully saturated rings. The van der Waals surface area contributed by atoms with E-state index in [0.29, 0.717) is 22.3 Å². The zero-order valence-corrected chi connectivity index (χ0v) is 27.4. The van der Waals surface area contributed by atoms with Crippen LogP contribution in [0.4, 0.5) is 0 Å². The maximum absolute atomic E-state index is 13.3. The zero-order valence-electron chi connectivity index (χ0n) is 25.0. The Morgan fingerprint density at radius 1 is 0.756 bits per heavy atom. The van der Waals surface area contributed by atoms with Crippen molar-refractivity contribution in [2.24, 2.45) is 0 Å². The number of fused-ring (bicyclic) bond motifs is 6. The Hall–Kier alpha value is -4.42. The second-order valence-corrected chi connectivity index (χ2v) is 15.1. The molecule has 0 saturated heterocycles. The fraction of sp³-hybridized carbons (Fsp3) is 0.294. The number of carbonyl (C=O) groups excluding carboxylic acids is 4. The summed E-state index contributed by atoms with van der Waals surface area (Å²) >= 11 is 5.07. The third-order valence-electron chi connectivity index (χ3n) is 9.53. The van der Waals surface area contributed by atoms with Gasteiger partial charge in [0.15, 0.2) is 0 Å². The van der Waals surface area contributed by atoms with Crippen molar-refractivity contribution in [3.8, 4) is 12.1 Å². The molecule has 224 valence electrons. The molecule has 2 aliphatic heterocycles. The van der Waals surface area contributed by atoms with Gasteiger partial charge in [-0.1, -0.05) is 19.3 Å². The molecule has 1 saturated carbocycles. The van der Waals surface area contributed by atoms with Gasteiger partial charge in [0, 0.05) is 45.1 Å². The molecule has 0 N–H and O–H groups in total. The maximum Gasteiger partial charge on any atom is 0.271 e.